The first-order valence-corrected chi connectivity index (χ1v) is 6.59. The van der Waals surface area contributed by atoms with Gasteiger partial charge in [-0.05, 0) is 19.8 Å². The van der Waals surface area contributed by atoms with Crippen LogP contribution in [0.4, 0.5) is 0 Å². The van der Waals surface area contributed by atoms with E-state index in [1.165, 1.54) is 37.7 Å². The summed E-state index contributed by atoms with van der Waals surface area (Å²) < 4.78 is 5.10. The lowest BCUT2D eigenvalue weighted by Crippen LogP contribution is -2.22. The Morgan fingerprint density at radius 3 is 2.75 bits per heavy atom. The van der Waals surface area contributed by atoms with Gasteiger partial charge in [-0.2, -0.15) is 0 Å². The number of cyclic esters (lactones) is 1. The SMILES string of the molecule is CCCCCCCC=C1CC(=O)OC(C)C1. The van der Waals surface area contributed by atoms with Crippen molar-refractivity contribution in [2.75, 3.05) is 0 Å². The predicted octanol–water partition coefficient (Wildman–Crippen LogP) is 4.00. The first-order chi connectivity index (χ1) is 7.72. The molecule has 0 saturated carbocycles. The number of allylic oxidation sites excluding steroid dienone is 1. The summed E-state index contributed by atoms with van der Waals surface area (Å²) in [6.07, 6.45) is 11.5. The predicted molar refractivity (Wildman–Crippen MR) is 66.2 cm³/mol. The van der Waals surface area contributed by atoms with Gasteiger partial charge in [0, 0.05) is 6.42 Å². The average molecular weight is 224 g/mol. The van der Waals surface area contributed by atoms with E-state index in [1.54, 1.807) is 0 Å². The maximum Gasteiger partial charge on any atom is 0.310 e. The molecule has 0 bridgehead atoms. The Morgan fingerprint density at radius 2 is 2.06 bits per heavy atom. The van der Waals surface area contributed by atoms with Crippen molar-refractivity contribution in [2.45, 2.75) is 71.3 Å². The highest BCUT2D eigenvalue weighted by Gasteiger charge is 2.19. The van der Waals surface area contributed by atoms with Gasteiger partial charge in [-0.15, -0.1) is 0 Å². The molecule has 2 nitrogen and oxygen atoms in total. The van der Waals surface area contributed by atoms with Gasteiger partial charge in [0.05, 0.1) is 6.42 Å². The maximum absolute atomic E-state index is 11.2. The Morgan fingerprint density at radius 1 is 1.31 bits per heavy atom. The third-order valence-electron chi connectivity index (χ3n) is 2.99. The average Bonchev–Trinajstić information content (AvgIpc) is 2.22. The molecular formula is C14H24O2. The first-order valence-electron chi connectivity index (χ1n) is 6.59. The largest absolute Gasteiger partial charge is 0.462 e. The fourth-order valence-electron chi connectivity index (χ4n) is 2.14. The molecule has 1 saturated heterocycles. The van der Waals surface area contributed by atoms with Crippen molar-refractivity contribution in [3.63, 3.8) is 0 Å². The van der Waals surface area contributed by atoms with E-state index >= 15 is 0 Å². The van der Waals surface area contributed by atoms with Gasteiger partial charge in [0.15, 0.2) is 0 Å². The Kier molecular flexibility index (Phi) is 6.20. The standard InChI is InChI=1S/C14H24O2/c1-3-4-5-6-7-8-9-13-10-12(2)16-14(15)11-13/h9,12H,3-8,10-11H2,1-2H3. The van der Waals surface area contributed by atoms with Crippen LogP contribution in [0.1, 0.15) is 65.2 Å². The second kappa shape index (κ2) is 7.48. The number of hydrogen-bond acceptors (Lipinski definition) is 2. The molecule has 1 aliphatic heterocycles. The van der Waals surface area contributed by atoms with Crippen LogP contribution in [0.25, 0.3) is 0 Å². The van der Waals surface area contributed by atoms with E-state index in [2.05, 4.69) is 13.0 Å². The Labute approximate surface area is 99.1 Å². The van der Waals surface area contributed by atoms with Crippen LogP contribution in [0.5, 0.6) is 0 Å². The lowest BCUT2D eigenvalue weighted by atomic mass is 10.0. The van der Waals surface area contributed by atoms with Crippen LogP contribution in [-0.2, 0) is 9.53 Å². The molecule has 0 N–H and O–H groups in total. The van der Waals surface area contributed by atoms with Gasteiger partial charge in [0.1, 0.15) is 6.10 Å². The zero-order chi connectivity index (χ0) is 11.8. The van der Waals surface area contributed by atoms with Gasteiger partial charge in [-0.25, -0.2) is 0 Å². The highest BCUT2D eigenvalue weighted by molar-refractivity contribution is 5.73. The highest BCUT2D eigenvalue weighted by atomic mass is 16.5. The number of unbranched alkanes of at least 4 members (excludes halogenated alkanes) is 5. The summed E-state index contributed by atoms with van der Waals surface area (Å²) in [6.45, 7) is 4.20. The summed E-state index contributed by atoms with van der Waals surface area (Å²) in [5, 5.41) is 0. The molecule has 0 aliphatic carbocycles. The topological polar surface area (TPSA) is 26.3 Å². The fourth-order valence-corrected chi connectivity index (χ4v) is 2.14. The Bertz CT molecular complexity index is 243. The molecule has 0 aromatic heterocycles. The molecule has 0 amide bonds. The summed E-state index contributed by atoms with van der Waals surface area (Å²) >= 11 is 0. The Hall–Kier alpha value is -0.790. The summed E-state index contributed by atoms with van der Waals surface area (Å²) in [7, 11) is 0. The summed E-state index contributed by atoms with van der Waals surface area (Å²) in [4.78, 5) is 11.2. The third-order valence-corrected chi connectivity index (χ3v) is 2.99. The number of carbonyl (C=O) groups excluding carboxylic acids is 1. The lowest BCUT2D eigenvalue weighted by molar-refractivity contribution is -0.149. The van der Waals surface area contributed by atoms with Gasteiger partial charge < -0.3 is 4.74 Å². The van der Waals surface area contributed by atoms with Crippen LogP contribution in [0.15, 0.2) is 11.6 Å². The smallest absolute Gasteiger partial charge is 0.310 e. The van der Waals surface area contributed by atoms with Crippen LogP contribution in [0, 0.1) is 0 Å². The molecule has 0 spiro atoms. The number of carbonyl (C=O) groups is 1. The van der Waals surface area contributed by atoms with Crippen LogP contribution < -0.4 is 0 Å². The van der Waals surface area contributed by atoms with Crippen molar-refractivity contribution in [2.24, 2.45) is 0 Å². The molecule has 1 rings (SSSR count). The quantitative estimate of drug-likeness (QED) is 0.387. The minimum Gasteiger partial charge on any atom is -0.462 e. The van der Waals surface area contributed by atoms with E-state index in [1.807, 2.05) is 6.92 Å². The number of ether oxygens (including phenoxy) is 1. The molecule has 1 atom stereocenters. The normalized spacial score (nSPS) is 23.5. The Balaban J connectivity index is 2.15. The van der Waals surface area contributed by atoms with Crippen LogP contribution in [0.3, 0.4) is 0 Å². The first kappa shape index (κ1) is 13.3. The molecule has 0 aromatic carbocycles. The van der Waals surface area contributed by atoms with Crippen molar-refractivity contribution >= 4 is 5.97 Å². The third kappa shape index (κ3) is 5.34. The fraction of sp³-hybridized carbons (Fsp3) is 0.786. The van der Waals surface area contributed by atoms with E-state index in [0.29, 0.717) is 6.42 Å². The highest BCUT2D eigenvalue weighted by Crippen LogP contribution is 2.21. The van der Waals surface area contributed by atoms with Crippen LogP contribution in [0.2, 0.25) is 0 Å². The number of hydrogen-bond donors (Lipinski definition) is 0. The second-order valence-corrected chi connectivity index (χ2v) is 4.75. The molecule has 1 heterocycles. The van der Waals surface area contributed by atoms with E-state index < -0.39 is 0 Å². The van der Waals surface area contributed by atoms with E-state index in [0.717, 1.165) is 12.8 Å². The van der Waals surface area contributed by atoms with Crippen molar-refractivity contribution in [1.29, 1.82) is 0 Å². The zero-order valence-electron chi connectivity index (χ0n) is 10.6. The summed E-state index contributed by atoms with van der Waals surface area (Å²) in [5.41, 5.74) is 1.28. The van der Waals surface area contributed by atoms with Crippen LogP contribution >= 0.6 is 0 Å². The molecule has 1 aliphatic rings. The molecule has 0 radical (unpaired) electrons. The lowest BCUT2D eigenvalue weighted by Gasteiger charge is -2.21. The number of rotatable bonds is 6. The molecule has 1 unspecified atom stereocenters. The van der Waals surface area contributed by atoms with Crippen molar-refractivity contribution in [3.8, 4) is 0 Å². The van der Waals surface area contributed by atoms with Gasteiger partial charge in [-0.1, -0.05) is 44.3 Å². The van der Waals surface area contributed by atoms with Crippen molar-refractivity contribution in [1.82, 2.24) is 0 Å². The second-order valence-electron chi connectivity index (χ2n) is 4.75. The van der Waals surface area contributed by atoms with Gasteiger partial charge in [0.25, 0.3) is 0 Å². The zero-order valence-corrected chi connectivity index (χ0v) is 10.6. The minimum absolute atomic E-state index is 0.0593. The van der Waals surface area contributed by atoms with Crippen molar-refractivity contribution in [3.05, 3.63) is 11.6 Å². The summed E-state index contributed by atoms with van der Waals surface area (Å²) in [6, 6.07) is 0. The molecule has 16 heavy (non-hydrogen) atoms. The minimum atomic E-state index is -0.0593. The molecule has 0 aromatic rings. The van der Waals surface area contributed by atoms with Crippen LogP contribution in [-0.4, -0.2) is 12.1 Å². The molecule has 1 fully saturated rings. The van der Waals surface area contributed by atoms with Gasteiger partial charge in [0.2, 0.25) is 0 Å². The monoisotopic (exact) mass is 224 g/mol. The van der Waals surface area contributed by atoms with E-state index in [-0.39, 0.29) is 12.1 Å². The molecule has 2 heteroatoms. The van der Waals surface area contributed by atoms with Gasteiger partial charge in [-0.3, -0.25) is 4.79 Å². The number of esters is 1. The molecule has 92 valence electrons. The van der Waals surface area contributed by atoms with Crippen molar-refractivity contribution < 1.29 is 9.53 Å². The summed E-state index contributed by atoms with van der Waals surface area (Å²) in [5.74, 6) is -0.0593. The maximum atomic E-state index is 11.2. The van der Waals surface area contributed by atoms with E-state index in [4.69, 9.17) is 4.74 Å². The molecular weight excluding hydrogens is 200 g/mol. The van der Waals surface area contributed by atoms with E-state index in [9.17, 15) is 4.79 Å². The van der Waals surface area contributed by atoms with Gasteiger partial charge >= 0.3 is 5.97 Å².